The molecule has 0 radical (unpaired) electrons. The molecule has 0 spiro atoms. The molecule has 2 rings (SSSR count). The highest BCUT2D eigenvalue weighted by Gasteiger charge is 2.07. The normalized spacial score (nSPS) is 11.2. The van der Waals surface area contributed by atoms with Crippen molar-refractivity contribution in [2.75, 3.05) is 51.7 Å². The third-order valence-corrected chi connectivity index (χ3v) is 3.82. The molecule has 7 nitrogen and oxygen atoms in total. The zero-order valence-corrected chi connectivity index (χ0v) is 16.5. The zero-order valence-electron chi connectivity index (χ0n) is 16.5. The molecule has 1 aromatic carbocycles. The van der Waals surface area contributed by atoms with Crippen LogP contribution in [0.25, 0.3) is 0 Å². The number of pyridine rings is 1. The van der Waals surface area contributed by atoms with E-state index < -0.39 is 0 Å². The average molecular weight is 371 g/mol. The number of guanidine groups is 1. The van der Waals surface area contributed by atoms with Crippen LogP contribution in [0.2, 0.25) is 0 Å². The number of nitrogens with one attached hydrogen (secondary N) is 2. The molecule has 7 heteroatoms. The van der Waals surface area contributed by atoms with Crippen LogP contribution in [0, 0.1) is 0 Å². The first kappa shape index (κ1) is 20.5. The van der Waals surface area contributed by atoms with Gasteiger partial charge in [0, 0.05) is 71.3 Å². The Labute approximate surface area is 161 Å². The van der Waals surface area contributed by atoms with Gasteiger partial charge in [-0.15, -0.1) is 0 Å². The molecule has 0 saturated heterocycles. The maximum atomic E-state index is 5.74. The van der Waals surface area contributed by atoms with E-state index in [4.69, 9.17) is 9.47 Å². The lowest BCUT2D eigenvalue weighted by atomic mass is 10.2. The monoisotopic (exact) mass is 371 g/mol. The number of methoxy groups -OCH3 is 1. The minimum Gasteiger partial charge on any atom is -0.493 e. The van der Waals surface area contributed by atoms with Gasteiger partial charge in [0.1, 0.15) is 11.6 Å². The summed E-state index contributed by atoms with van der Waals surface area (Å²) in [6.07, 6.45) is 2.65. The lowest BCUT2D eigenvalue weighted by Gasteiger charge is -2.17. The van der Waals surface area contributed by atoms with E-state index in [1.54, 1.807) is 20.4 Å². The summed E-state index contributed by atoms with van der Waals surface area (Å²) in [5, 5.41) is 6.61. The van der Waals surface area contributed by atoms with Crippen LogP contribution in [0.1, 0.15) is 12.0 Å². The van der Waals surface area contributed by atoms with Gasteiger partial charge in [0.2, 0.25) is 0 Å². The van der Waals surface area contributed by atoms with Crippen molar-refractivity contribution in [2.24, 2.45) is 4.99 Å². The van der Waals surface area contributed by atoms with Gasteiger partial charge in [-0.3, -0.25) is 4.99 Å². The average Bonchev–Trinajstić information content (AvgIpc) is 2.69. The topological polar surface area (TPSA) is 71.0 Å². The number of ether oxygens (including phenoxy) is 2. The van der Waals surface area contributed by atoms with Crippen LogP contribution < -0.4 is 20.3 Å². The number of hydrogen-bond donors (Lipinski definition) is 2. The summed E-state index contributed by atoms with van der Waals surface area (Å²) in [5.74, 6) is 2.43. The molecule has 0 amide bonds. The van der Waals surface area contributed by atoms with Crippen LogP contribution in [0.4, 0.5) is 11.5 Å². The summed E-state index contributed by atoms with van der Waals surface area (Å²) in [5.41, 5.74) is 2.01. The first-order valence-electron chi connectivity index (χ1n) is 8.94. The molecule has 27 heavy (non-hydrogen) atoms. The van der Waals surface area contributed by atoms with Gasteiger partial charge in [-0.2, -0.15) is 0 Å². The van der Waals surface area contributed by atoms with Gasteiger partial charge >= 0.3 is 0 Å². The van der Waals surface area contributed by atoms with Crippen molar-refractivity contribution in [1.29, 1.82) is 0 Å². The molecule has 0 atom stereocenters. The number of aliphatic imine (C=N–C) groups is 1. The molecular formula is C20H29N5O2. The molecule has 0 aliphatic heterocycles. The van der Waals surface area contributed by atoms with Crippen molar-refractivity contribution in [2.45, 2.75) is 13.0 Å². The molecule has 0 bridgehead atoms. The van der Waals surface area contributed by atoms with Crippen molar-refractivity contribution in [3.8, 4) is 5.75 Å². The fourth-order valence-corrected chi connectivity index (χ4v) is 2.52. The molecule has 0 unspecified atom stereocenters. The van der Waals surface area contributed by atoms with Gasteiger partial charge in [-0.05, 0) is 18.2 Å². The lowest BCUT2D eigenvalue weighted by molar-refractivity contribution is 0.172. The largest absolute Gasteiger partial charge is 0.493 e. The predicted molar refractivity (Wildman–Crippen MR) is 111 cm³/mol. The van der Waals surface area contributed by atoms with E-state index in [-0.39, 0.29) is 0 Å². The van der Waals surface area contributed by atoms with Crippen LogP contribution in [-0.4, -0.2) is 52.4 Å². The molecule has 0 saturated carbocycles. The molecule has 146 valence electrons. The molecule has 2 aromatic rings. The predicted octanol–water partition coefficient (Wildman–Crippen LogP) is 2.75. The first-order chi connectivity index (χ1) is 13.1. The Bertz CT molecular complexity index is 734. The summed E-state index contributed by atoms with van der Waals surface area (Å²) in [4.78, 5) is 10.7. The van der Waals surface area contributed by atoms with Crippen LogP contribution in [0.15, 0.2) is 47.6 Å². The molecule has 1 heterocycles. The number of aromatic nitrogens is 1. The number of hydrogen-bond acceptors (Lipinski definition) is 5. The van der Waals surface area contributed by atoms with Gasteiger partial charge in [-0.1, -0.05) is 12.1 Å². The van der Waals surface area contributed by atoms with Crippen LogP contribution in [0.5, 0.6) is 5.75 Å². The summed E-state index contributed by atoms with van der Waals surface area (Å²) in [7, 11) is 7.40. The standard InChI is InChI=1S/C20H29N5O2/c1-21-20(23-15-16-8-6-11-22-19(16)25(2)3)24-17-9-5-10-18(14-17)27-13-7-12-26-4/h5-6,8-11,14H,7,12-13,15H2,1-4H3,(H2,21,23,24). The van der Waals surface area contributed by atoms with E-state index in [1.807, 2.05) is 49.3 Å². The van der Waals surface area contributed by atoms with Crippen molar-refractivity contribution in [3.63, 3.8) is 0 Å². The second kappa shape index (κ2) is 11.0. The summed E-state index contributed by atoms with van der Waals surface area (Å²) in [6.45, 7) is 1.94. The van der Waals surface area contributed by atoms with Gasteiger partial charge in [0.05, 0.1) is 6.61 Å². The Morgan fingerprint density at radius 3 is 2.78 bits per heavy atom. The SMILES string of the molecule is CN=C(NCc1cccnc1N(C)C)Nc1cccc(OCCCOC)c1. The highest BCUT2D eigenvalue weighted by Crippen LogP contribution is 2.18. The third kappa shape index (κ3) is 6.79. The second-order valence-corrected chi connectivity index (χ2v) is 6.15. The Kier molecular flexibility index (Phi) is 8.38. The van der Waals surface area contributed by atoms with E-state index in [0.717, 1.165) is 29.2 Å². The molecule has 0 aliphatic rings. The van der Waals surface area contributed by atoms with Crippen LogP contribution in [0.3, 0.4) is 0 Å². The maximum Gasteiger partial charge on any atom is 0.195 e. The highest BCUT2D eigenvalue weighted by atomic mass is 16.5. The molecule has 2 N–H and O–H groups in total. The number of nitrogens with zero attached hydrogens (tertiary/aromatic N) is 3. The van der Waals surface area contributed by atoms with Crippen molar-refractivity contribution < 1.29 is 9.47 Å². The summed E-state index contributed by atoms with van der Waals surface area (Å²) in [6, 6.07) is 11.8. The van der Waals surface area contributed by atoms with Gasteiger partial charge < -0.3 is 25.0 Å². The quantitative estimate of drug-likeness (QED) is 0.401. The van der Waals surface area contributed by atoms with Crippen molar-refractivity contribution >= 4 is 17.5 Å². The van der Waals surface area contributed by atoms with E-state index in [9.17, 15) is 0 Å². The van der Waals surface area contributed by atoms with Crippen molar-refractivity contribution in [3.05, 3.63) is 48.2 Å². The van der Waals surface area contributed by atoms with Gasteiger partial charge in [0.15, 0.2) is 5.96 Å². The third-order valence-electron chi connectivity index (χ3n) is 3.82. The highest BCUT2D eigenvalue weighted by molar-refractivity contribution is 5.93. The fourth-order valence-electron chi connectivity index (χ4n) is 2.52. The Morgan fingerprint density at radius 2 is 2.04 bits per heavy atom. The number of rotatable bonds is 9. The Balaban J connectivity index is 1.94. The molecular weight excluding hydrogens is 342 g/mol. The zero-order chi connectivity index (χ0) is 19.5. The Hall–Kier alpha value is -2.80. The summed E-state index contributed by atoms with van der Waals surface area (Å²) < 4.78 is 10.8. The second-order valence-electron chi connectivity index (χ2n) is 6.15. The van der Waals surface area contributed by atoms with Crippen molar-refractivity contribution in [1.82, 2.24) is 10.3 Å². The summed E-state index contributed by atoms with van der Waals surface area (Å²) >= 11 is 0. The molecule has 0 fully saturated rings. The smallest absolute Gasteiger partial charge is 0.195 e. The van der Waals surface area contributed by atoms with Gasteiger partial charge in [-0.25, -0.2) is 4.98 Å². The minimum atomic E-state index is 0.619. The molecule has 0 aliphatic carbocycles. The fraction of sp³-hybridized carbons (Fsp3) is 0.400. The maximum absolute atomic E-state index is 5.74. The number of benzene rings is 1. The van der Waals surface area contributed by atoms with E-state index >= 15 is 0 Å². The van der Waals surface area contributed by atoms with Gasteiger partial charge in [0.25, 0.3) is 0 Å². The lowest BCUT2D eigenvalue weighted by Crippen LogP contribution is -2.31. The Morgan fingerprint density at radius 1 is 1.19 bits per heavy atom. The van der Waals surface area contributed by atoms with Crippen LogP contribution >= 0.6 is 0 Å². The van der Waals surface area contributed by atoms with E-state index in [1.165, 1.54) is 0 Å². The molecule has 1 aromatic heterocycles. The van der Waals surface area contributed by atoms with E-state index in [2.05, 4.69) is 26.7 Å². The van der Waals surface area contributed by atoms with E-state index in [0.29, 0.717) is 25.7 Å². The minimum absolute atomic E-state index is 0.619. The van der Waals surface area contributed by atoms with Crippen LogP contribution in [-0.2, 0) is 11.3 Å². The number of anilines is 2. The first-order valence-corrected chi connectivity index (χ1v) is 8.94.